The van der Waals surface area contributed by atoms with Crippen LogP contribution in [0.25, 0.3) is 0 Å². The largest absolute Gasteiger partial charge is 0.497 e. The molecule has 158 valence electrons. The lowest BCUT2D eigenvalue weighted by Gasteiger charge is -2.24. The first kappa shape index (κ1) is 20.5. The SMILES string of the molecule is COc1ccc(NC(=O)c2ccc(NC(=O)CN3c4ccccc4C[C@@H]3C)cc2)cc1. The predicted molar refractivity (Wildman–Crippen MR) is 123 cm³/mol. The summed E-state index contributed by atoms with van der Waals surface area (Å²) < 4.78 is 5.12. The summed E-state index contributed by atoms with van der Waals surface area (Å²) in [6, 6.07) is 22.5. The third kappa shape index (κ3) is 4.69. The Balaban J connectivity index is 1.35. The van der Waals surface area contributed by atoms with Crippen molar-refractivity contribution in [3.63, 3.8) is 0 Å². The van der Waals surface area contributed by atoms with Crippen molar-refractivity contribution in [1.82, 2.24) is 0 Å². The first-order valence-electron chi connectivity index (χ1n) is 10.2. The summed E-state index contributed by atoms with van der Waals surface area (Å²) in [7, 11) is 1.60. The van der Waals surface area contributed by atoms with Crippen molar-refractivity contribution in [2.45, 2.75) is 19.4 Å². The minimum Gasteiger partial charge on any atom is -0.497 e. The Kier molecular flexibility index (Phi) is 5.89. The molecule has 6 nitrogen and oxygen atoms in total. The first-order chi connectivity index (χ1) is 15.0. The van der Waals surface area contributed by atoms with Crippen LogP contribution in [-0.4, -0.2) is 31.5 Å². The van der Waals surface area contributed by atoms with Gasteiger partial charge in [-0.3, -0.25) is 9.59 Å². The fraction of sp³-hybridized carbons (Fsp3) is 0.200. The molecule has 0 fully saturated rings. The molecular formula is C25H25N3O3. The van der Waals surface area contributed by atoms with Crippen molar-refractivity contribution in [1.29, 1.82) is 0 Å². The lowest BCUT2D eigenvalue weighted by Crippen LogP contribution is -2.37. The normalized spacial score (nSPS) is 14.6. The third-order valence-electron chi connectivity index (χ3n) is 5.44. The number of rotatable bonds is 6. The van der Waals surface area contributed by atoms with Crippen LogP contribution in [0.5, 0.6) is 5.75 Å². The summed E-state index contributed by atoms with van der Waals surface area (Å²) in [6.45, 7) is 2.42. The van der Waals surface area contributed by atoms with Crippen LogP contribution in [0.4, 0.5) is 17.1 Å². The van der Waals surface area contributed by atoms with Gasteiger partial charge in [-0.15, -0.1) is 0 Å². The minimum atomic E-state index is -0.217. The van der Waals surface area contributed by atoms with Gasteiger partial charge in [0.1, 0.15) is 5.75 Å². The van der Waals surface area contributed by atoms with Crippen LogP contribution in [0.3, 0.4) is 0 Å². The molecule has 3 aromatic rings. The standard InChI is InChI=1S/C25H25N3O3/c1-17-15-19-5-3-4-6-23(19)28(17)16-24(29)26-20-9-7-18(8-10-20)25(30)27-21-11-13-22(31-2)14-12-21/h3-14,17H,15-16H2,1-2H3,(H,26,29)(H,27,30)/t17-/m0/s1. The monoisotopic (exact) mass is 415 g/mol. The summed E-state index contributed by atoms with van der Waals surface area (Å²) >= 11 is 0. The molecule has 2 N–H and O–H groups in total. The van der Waals surface area contributed by atoms with Gasteiger partial charge in [0, 0.05) is 28.7 Å². The van der Waals surface area contributed by atoms with Gasteiger partial charge in [0.15, 0.2) is 0 Å². The molecule has 0 saturated heterocycles. The molecule has 31 heavy (non-hydrogen) atoms. The Morgan fingerprint density at radius 3 is 2.29 bits per heavy atom. The molecule has 1 heterocycles. The van der Waals surface area contributed by atoms with E-state index in [0.29, 0.717) is 16.9 Å². The molecule has 0 spiro atoms. The Morgan fingerprint density at radius 2 is 1.58 bits per heavy atom. The number of fused-ring (bicyclic) bond motifs is 1. The summed E-state index contributed by atoms with van der Waals surface area (Å²) in [6.07, 6.45) is 0.946. The Hall–Kier alpha value is -3.80. The number of carbonyl (C=O) groups excluding carboxylic acids is 2. The van der Waals surface area contributed by atoms with Gasteiger partial charge in [0.2, 0.25) is 5.91 Å². The van der Waals surface area contributed by atoms with Crippen molar-refractivity contribution < 1.29 is 14.3 Å². The maximum absolute atomic E-state index is 12.6. The van der Waals surface area contributed by atoms with E-state index in [9.17, 15) is 9.59 Å². The zero-order valence-electron chi connectivity index (χ0n) is 17.6. The number of nitrogens with one attached hydrogen (secondary N) is 2. The van der Waals surface area contributed by atoms with E-state index in [2.05, 4.69) is 34.6 Å². The quantitative estimate of drug-likeness (QED) is 0.628. The third-order valence-corrected chi connectivity index (χ3v) is 5.44. The molecule has 1 atom stereocenters. The molecule has 6 heteroatoms. The summed E-state index contributed by atoms with van der Waals surface area (Å²) in [5.74, 6) is 0.425. The number of para-hydroxylation sites is 1. The van der Waals surface area contributed by atoms with Gasteiger partial charge in [0.25, 0.3) is 5.91 Å². The summed E-state index contributed by atoms with van der Waals surface area (Å²) in [5.41, 5.74) is 4.25. The lowest BCUT2D eigenvalue weighted by atomic mass is 10.1. The molecule has 0 aromatic heterocycles. The van der Waals surface area contributed by atoms with Crippen LogP contribution in [0.2, 0.25) is 0 Å². The van der Waals surface area contributed by atoms with Gasteiger partial charge >= 0.3 is 0 Å². The number of nitrogens with zero attached hydrogens (tertiary/aromatic N) is 1. The van der Waals surface area contributed by atoms with Crippen LogP contribution in [0, 0.1) is 0 Å². The predicted octanol–water partition coefficient (Wildman–Crippen LogP) is 4.34. The summed E-state index contributed by atoms with van der Waals surface area (Å²) in [4.78, 5) is 27.2. The van der Waals surface area contributed by atoms with E-state index in [1.807, 2.05) is 12.1 Å². The smallest absolute Gasteiger partial charge is 0.255 e. The second-order valence-corrected chi connectivity index (χ2v) is 7.62. The number of methoxy groups -OCH3 is 1. The van der Waals surface area contributed by atoms with E-state index in [-0.39, 0.29) is 24.4 Å². The Bertz CT molecular complexity index is 1080. The zero-order chi connectivity index (χ0) is 21.8. The van der Waals surface area contributed by atoms with Gasteiger partial charge in [-0.05, 0) is 73.5 Å². The second-order valence-electron chi connectivity index (χ2n) is 7.62. The highest BCUT2D eigenvalue weighted by Crippen LogP contribution is 2.31. The lowest BCUT2D eigenvalue weighted by molar-refractivity contribution is -0.115. The average Bonchev–Trinajstić information content (AvgIpc) is 3.09. The Labute approximate surface area is 181 Å². The highest BCUT2D eigenvalue weighted by Gasteiger charge is 2.27. The number of benzene rings is 3. The molecule has 0 saturated carbocycles. The van der Waals surface area contributed by atoms with Crippen LogP contribution >= 0.6 is 0 Å². The molecule has 2 amide bonds. The second kappa shape index (κ2) is 8.92. The van der Waals surface area contributed by atoms with E-state index < -0.39 is 0 Å². The number of hydrogen-bond donors (Lipinski definition) is 2. The van der Waals surface area contributed by atoms with Gasteiger partial charge in [-0.2, -0.15) is 0 Å². The van der Waals surface area contributed by atoms with Gasteiger partial charge < -0.3 is 20.3 Å². The van der Waals surface area contributed by atoms with Gasteiger partial charge in [-0.25, -0.2) is 0 Å². The molecule has 4 rings (SSSR count). The first-order valence-corrected chi connectivity index (χ1v) is 10.2. The maximum Gasteiger partial charge on any atom is 0.255 e. The summed E-state index contributed by atoms with van der Waals surface area (Å²) in [5, 5.41) is 5.77. The molecular weight excluding hydrogens is 390 g/mol. The maximum atomic E-state index is 12.6. The van der Waals surface area contributed by atoms with Crippen molar-refractivity contribution in [3.05, 3.63) is 83.9 Å². The molecule has 0 aliphatic carbocycles. The Morgan fingerprint density at radius 1 is 0.935 bits per heavy atom. The minimum absolute atomic E-state index is 0.0843. The average molecular weight is 415 g/mol. The number of hydrogen-bond acceptors (Lipinski definition) is 4. The van der Waals surface area contributed by atoms with Crippen LogP contribution in [0.15, 0.2) is 72.8 Å². The van der Waals surface area contributed by atoms with Crippen molar-refractivity contribution >= 4 is 28.9 Å². The topological polar surface area (TPSA) is 70.7 Å². The molecule has 1 aliphatic rings. The highest BCUT2D eigenvalue weighted by atomic mass is 16.5. The number of anilines is 3. The fourth-order valence-electron chi connectivity index (χ4n) is 3.81. The molecule has 0 unspecified atom stereocenters. The van der Waals surface area contributed by atoms with Crippen molar-refractivity contribution in [2.75, 3.05) is 29.2 Å². The molecule has 1 aliphatic heterocycles. The van der Waals surface area contributed by atoms with E-state index in [1.54, 1.807) is 55.6 Å². The van der Waals surface area contributed by atoms with Crippen LogP contribution in [-0.2, 0) is 11.2 Å². The number of amides is 2. The number of ether oxygens (including phenoxy) is 1. The van der Waals surface area contributed by atoms with Gasteiger partial charge in [-0.1, -0.05) is 18.2 Å². The fourth-order valence-corrected chi connectivity index (χ4v) is 3.81. The van der Waals surface area contributed by atoms with E-state index >= 15 is 0 Å². The zero-order valence-corrected chi connectivity index (χ0v) is 17.6. The molecule has 0 radical (unpaired) electrons. The van der Waals surface area contributed by atoms with Crippen LogP contribution in [0.1, 0.15) is 22.8 Å². The molecule has 3 aromatic carbocycles. The van der Waals surface area contributed by atoms with E-state index in [4.69, 9.17) is 4.74 Å². The highest BCUT2D eigenvalue weighted by molar-refractivity contribution is 6.04. The van der Waals surface area contributed by atoms with Crippen molar-refractivity contribution in [3.8, 4) is 5.75 Å². The number of carbonyl (C=O) groups is 2. The van der Waals surface area contributed by atoms with Crippen molar-refractivity contribution in [2.24, 2.45) is 0 Å². The van der Waals surface area contributed by atoms with E-state index in [0.717, 1.165) is 17.9 Å². The molecule has 0 bridgehead atoms. The van der Waals surface area contributed by atoms with Gasteiger partial charge in [0.05, 0.1) is 13.7 Å². The van der Waals surface area contributed by atoms with Crippen LogP contribution < -0.4 is 20.3 Å². The van der Waals surface area contributed by atoms with E-state index in [1.165, 1.54) is 5.56 Å².